The van der Waals surface area contributed by atoms with Crippen LogP contribution in [0.1, 0.15) is 109 Å². The zero-order chi connectivity index (χ0) is 58.9. The zero-order valence-electron chi connectivity index (χ0n) is 45.9. The maximum atomic E-state index is 16.5. The second kappa shape index (κ2) is 23.2. The Bertz CT molecular complexity index is 3270. The first-order valence-corrected chi connectivity index (χ1v) is 26.8. The van der Waals surface area contributed by atoms with Gasteiger partial charge in [-0.25, -0.2) is 14.4 Å². The van der Waals surface area contributed by atoms with Crippen molar-refractivity contribution in [2.45, 2.75) is 120 Å². The lowest BCUT2D eigenvalue weighted by molar-refractivity contribution is -0.346. The maximum absolute atomic E-state index is 16.5. The molecule has 1 heterocycles. The smallest absolute Gasteiger partial charge is 0.338 e. The number of ketones is 1. The molecule has 5 N–H and O–H groups in total. The summed E-state index contributed by atoms with van der Waals surface area (Å²) in [4.78, 5) is 115. The summed E-state index contributed by atoms with van der Waals surface area (Å²) in [6.07, 6.45) is -14.1. The van der Waals surface area contributed by atoms with Gasteiger partial charge >= 0.3 is 29.8 Å². The number of esters is 5. The van der Waals surface area contributed by atoms with Crippen LogP contribution in [0.15, 0.2) is 163 Å². The number of carbonyl (C=O) groups is 8. The highest BCUT2D eigenvalue weighted by molar-refractivity contribution is 5.97. The van der Waals surface area contributed by atoms with E-state index in [9.17, 15) is 48.9 Å². The van der Waals surface area contributed by atoms with Gasteiger partial charge in [-0.2, -0.15) is 0 Å². The lowest BCUT2D eigenvalue weighted by Crippen LogP contribution is -2.82. The van der Waals surface area contributed by atoms with Crippen LogP contribution >= 0.6 is 0 Å². The van der Waals surface area contributed by atoms with Crippen molar-refractivity contribution in [3.05, 3.63) is 191 Å². The third kappa shape index (κ3) is 10.7. The number of hydrogen-bond donors (Lipinski definition) is 5. The third-order valence-electron chi connectivity index (χ3n) is 16.7. The molecule has 5 aromatic rings. The van der Waals surface area contributed by atoms with E-state index in [1.165, 1.54) is 52.0 Å². The predicted octanol–water partition coefficient (Wildman–Crippen LogP) is 5.82. The lowest BCUT2D eigenvalue weighted by atomic mass is 9.44. The Hall–Kier alpha value is -8.36. The van der Waals surface area contributed by atoms with Gasteiger partial charge in [0.15, 0.2) is 29.7 Å². The standard InChI is InChI=1S/C63H64N2O17/c1-35-43(79-58(74)49(68)47(38-22-12-7-13-23-38)64-55(71)40-26-16-9-17-27-40)33-63(76)54(81-57(73)42-30-20-11-21-31-42)52-61(6,53(70)51(78-36(2)66)46(35)60(63,4)5)44(32-45-62(52,34-77-45)82-37(3)67)80-59(75)50(69)48(39-24-14-8-15-25-39)65-56(72)41-28-18-10-19-29-41/h7-31,43-45,47-52,54,68-69,76H,32-34H2,1-6H3,(H,64,71)(H,65,72)/t43-,44-,45+,47-,48?,49+,50?,51+,52?,54-,61+,62-,63+/m0/s1. The molecule has 428 valence electrons. The number of ether oxygens (including phenoxy) is 6. The van der Waals surface area contributed by atoms with Gasteiger partial charge in [-0.15, -0.1) is 0 Å². The lowest BCUT2D eigenvalue weighted by Gasteiger charge is -2.67. The van der Waals surface area contributed by atoms with Gasteiger partial charge in [0.1, 0.15) is 30.0 Å². The SMILES string of the molecule is CC(=O)O[C@H]1C(=O)[C@@]2(C)C([C@H](OC(=O)c3ccccc3)[C@]3(O)C[C@H](OC(=O)[C@H](O)[C@@H](NC(=O)c4ccccc4)c4ccccc4)C(C)=C1C3(C)C)[C@]1(OC(C)=O)CO[C@@H]1C[C@@H]2OC(=O)C(O)C(NC(=O)c1ccccc1)c1ccccc1. The second-order valence-electron chi connectivity index (χ2n) is 21.9. The number of aliphatic hydroxyl groups excluding tert-OH is 2. The summed E-state index contributed by atoms with van der Waals surface area (Å²) in [6.45, 7) is 7.50. The minimum absolute atomic E-state index is 0.0236. The van der Waals surface area contributed by atoms with Gasteiger partial charge in [0.05, 0.1) is 35.6 Å². The number of aliphatic hydroxyl groups is 3. The molecule has 19 heteroatoms. The van der Waals surface area contributed by atoms with Gasteiger partial charge in [0.25, 0.3) is 11.8 Å². The molecule has 2 amide bonds. The average Bonchev–Trinajstić information content (AvgIpc) is 1.23. The summed E-state index contributed by atoms with van der Waals surface area (Å²) in [5, 5.41) is 43.8. The molecule has 1 aliphatic heterocycles. The molecule has 82 heavy (non-hydrogen) atoms. The third-order valence-corrected chi connectivity index (χ3v) is 16.7. The van der Waals surface area contributed by atoms with Gasteiger partial charge in [-0.3, -0.25) is 24.0 Å². The number of hydrogen-bond acceptors (Lipinski definition) is 17. The van der Waals surface area contributed by atoms with Crippen molar-refractivity contribution in [3.63, 3.8) is 0 Å². The minimum Gasteiger partial charge on any atom is -0.459 e. The van der Waals surface area contributed by atoms with Crippen LogP contribution in [0.3, 0.4) is 0 Å². The number of carbonyl (C=O) groups excluding carboxylic acids is 8. The van der Waals surface area contributed by atoms with E-state index in [2.05, 4.69) is 10.6 Å². The molecule has 0 spiro atoms. The van der Waals surface area contributed by atoms with Crippen LogP contribution in [0, 0.1) is 16.7 Å². The van der Waals surface area contributed by atoms with Crippen LogP contribution < -0.4 is 10.6 Å². The van der Waals surface area contributed by atoms with E-state index in [0.29, 0.717) is 11.1 Å². The Morgan fingerprint density at radius 3 is 1.50 bits per heavy atom. The van der Waals surface area contributed by atoms with Gasteiger partial charge < -0.3 is 54.4 Å². The van der Waals surface area contributed by atoms with E-state index in [1.54, 1.807) is 127 Å². The molecule has 0 radical (unpaired) electrons. The number of benzene rings is 5. The minimum atomic E-state index is -2.59. The van der Waals surface area contributed by atoms with Crippen molar-refractivity contribution >= 4 is 47.4 Å². The molecule has 3 unspecified atom stereocenters. The van der Waals surface area contributed by atoms with Crippen molar-refractivity contribution in [2.75, 3.05) is 6.61 Å². The molecule has 19 nitrogen and oxygen atoms in total. The monoisotopic (exact) mass is 1120 g/mol. The Morgan fingerprint density at radius 1 is 0.610 bits per heavy atom. The molecule has 2 saturated carbocycles. The van der Waals surface area contributed by atoms with Gasteiger partial charge in [-0.05, 0) is 72.5 Å². The van der Waals surface area contributed by atoms with Crippen molar-refractivity contribution < 1.29 is 82.1 Å². The first-order chi connectivity index (χ1) is 39.0. The summed E-state index contributed by atoms with van der Waals surface area (Å²) in [5.41, 5.74) is -7.86. The van der Waals surface area contributed by atoms with Crippen LogP contribution in [-0.4, -0.2) is 123 Å². The van der Waals surface area contributed by atoms with E-state index >= 15 is 4.79 Å². The van der Waals surface area contributed by atoms with E-state index in [0.717, 1.165) is 13.8 Å². The van der Waals surface area contributed by atoms with Crippen LogP contribution in [-0.2, 0) is 52.4 Å². The van der Waals surface area contributed by atoms with Gasteiger partial charge in [0, 0.05) is 43.2 Å². The first kappa shape index (κ1) is 58.3. The molecule has 5 aromatic carbocycles. The van der Waals surface area contributed by atoms with E-state index < -0.39 is 150 Å². The molecular weight excluding hydrogens is 1060 g/mol. The summed E-state index contributed by atoms with van der Waals surface area (Å²) in [6, 6.07) is 37.1. The van der Waals surface area contributed by atoms with Crippen molar-refractivity contribution in [3.8, 4) is 0 Å². The molecule has 9 rings (SSSR count). The topological polar surface area (TPSA) is 277 Å². The van der Waals surface area contributed by atoms with E-state index in [4.69, 9.17) is 28.4 Å². The molecule has 13 atom stereocenters. The Kier molecular flexibility index (Phi) is 16.5. The highest BCUT2D eigenvalue weighted by atomic mass is 16.6. The van der Waals surface area contributed by atoms with Gasteiger partial charge in [0.2, 0.25) is 0 Å². The van der Waals surface area contributed by atoms with E-state index in [1.807, 2.05) is 0 Å². The van der Waals surface area contributed by atoms with Gasteiger partial charge in [-0.1, -0.05) is 129 Å². The maximum Gasteiger partial charge on any atom is 0.338 e. The highest BCUT2D eigenvalue weighted by Gasteiger charge is 2.79. The fourth-order valence-corrected chi connectivity index (χ4v) is 12.5. The summed E-state index contributed by atoms with van der Waals surface area (Å²) in [5.74, 6) is -9.70. The highest BCUT2D eigenvalue weighted by Crippen LogP contribution is 2.65. The van der Waals surface area contributed by atoms with Crippen molar-refractivity contribution in [1.82, 2.24) is 10.6 Å². The van der Waals surface area contributed by atoms with Crippen molar-refractivity contribution in [1.29, 1.82) is 0 Å². The van der Waals surface area contributed by atoms with Crippen LogP contribution in [0.25, 0.3) is 0 Å². The average molecular weight is 1120 g/mol. The zero-order valence-corrected chi connectivity index (χ0v) is 45.9. The summed E-state index contributed by atoms with van der Waals surface area (Å²) in [7, 11) is 0. The normalized spacial score (nSPS) is 27.5. The molecule has 0 aromatic heterocycles. The fourth-order valence-electron chi connectivity index (χ4n) is 12.5. The molecular formula is C63H64N2O17. The summed E-state index contributed by atoms with van der Waals surface area (Å²) < 4.78 is 37.6. The van der Waals surface area contributed by atoms with Crippen LogP contribution in [0.4, 0.5) is 0 Å². The molecule has 3 aliphatic carbocycles. The molecule has 4 aliphatic rings. The Labute approximate surface area is 472 Å². The number of Topliss-reactive ketones (excluding diaryl/α,β-unsaturated/α-hetero) is 1. The Morgan fingerprint density at radius 2 is 1.06 bits per heavy atom. The fraction of sp³-hybridized carbons (Fsp3) is 0.365. The molecule has 3 fully saturated rings. The van der Waals surface area contributed by atoms with Crippen LogP contribution in [0.2, 0.25) is 0 Å². The molecule has 2 bridgehead atoms. The molecule has 1 saturated heterocycles. The predicted molar refractivity (Wildman–Crippen MR) is 291 cm³/mol. The largest absolute Gasteiger partial charge is 0.459 e. The number of rotatable bonds is 16. The number of nitrogens with one attached hydrogen (secondary N) is 2. The van der Waals surface area contributed by atoms with E-state index in [-0.39, 0.29) is 27.8 Å². The number of fused-ring (bicyclic) bond motifs is 5. The summed E-state index contributed by atoms with van der Waals surface area (Å²) >= 11 is 0. The number of amides is 2. The van der Waals surface area contributed by atoms with Crippen LogP contribution in [0.5, 0.6) is 0 Å². The second-order valence-corrected chi connectivity index (χ2v) is 21.9. The quantitative estimate of drug-likeness (QED) is 0.0442. The van der Waals surface area contributed by atoms with Crippen molar-refractivity contribution in [2.24, 2.45) is 16.7 Å². The Balaban J connectivity index is 1.19. The first-order valence-electron chi connectivity index (χ1n) is 26.8.